The van der Waals surface area contributed by atoms with Gasteiger partial charge in [-0.1, -0.05) is 0 Å². The Bertz CT molecular complexity index is 364. The topological polar surface area (TPSA) is 24.1 Å². The van der Waals surface area contributed by atoms with Gasteiger partial charge in [-0.05, 0) is 49.7 Å². The Morgan fingerprint density at radius 2 is 2.31 bits per heavy atom. The van der Waals surface area contributed by atoms with Gasteiger partial charge >= 0.3 is 0 Å². The molecule has 3 heterocycles. The maximum atomic E-state index is 3.65. The van der Waals surface area contributed by atoms with Crippen molar-refractivity contribution in [3.63, 3.8) is 0 Å². The van der Waals surface area contributed by atoms with Crippen molar-refractivity contribution in [2.24, 2.45) is 11.8 Å². The highest BCUT2D eigenvalue weighted by atomic mass is 32.2. The van der Waals surface area contributed by atoms with Crippen LogP contribution in [0.5, 0.6) is 0 Å². The van der Waals surface area contributed by atoms with Gasteiger partial charge in [-0.3, -0.25) is 0 Å². The second-order valence-corrected chi connectivity index (χ2v) is 7.00. The molecule has 0 radical (unpaired) electrons. The molecule has 2 N–H and O–H groups in total. The molecule has 1 aromatic heterocycles. The summed E-state index contributed by atoms with van der Waals surface area (Å²) in [5.41, 5.74) is 0. The van der Waals surface area contributed by atoms with Crippen LogP contribution in [0.15, 0.2) is 16.3 Å². The molecule has 16 heavy (non-hydrogen) atoms. The summed E-state index contributed by atoms with van der Waals surface area (Å²) in [5, 5.41) is 7.14. The van der Waals surface area contributed by atoms with Crippen molar-refractivity contribution in [1.82, 2.24) is 10.6 Å². The number of nitrogens with one attached hydrogen (secondary N) is 2. The molecule has 0 aromatic carbocycles. The minimum absolute atomic E-state index is 0.741. The second kappa shape index (κ2) is 4.69. The number of thiophene rings is 1. The molecule has 2 aliphatic heterocycles. The van der Waals surface area contributed by atoms with Crippen molar-refractivity contribution in [2.45, 2.75) is 16.7 Å². The van der Waals surface area contributed by atoms with E-state index >= 15 is 0 Å². The number of hydrogen-bond acceptors (Lipinski definition) is 4. The van der Waals surface area contributed by atoms with Crippen LogP contribution in [0.4, 0.5) is 0 Å². The minimum Gasteiger partial charge on any atom is -0.315 e. The molecule has 3 atom stereocenters. The minimum atomic E-state index is 0.741. The van der Waals surface area contributed by atoms with Gasteiger partial charge in [0.1, 0.15) is 0 Å². The third kappa shape index (κ3) is 2.04. The van der Waals surface area contributed by atoms with Crippen LogP contribution in [0.2, 0.25) is 0 Å². The Kier molecular flexibility index (Phi) is 3.25. The summed E-state index contributed by atoms with van der Waals surface area (Å²) in [6.07, 6.45) is 3.42. The Hall–Kier alpha value is -0.0300. The zero-order chi connectivity index (χ0) is 11.0. The zero-order valence-corrected chi connectivity index (χ0v) is 11.2. The van der Waals surface area contributed by atoms with Crippen LogP contribution in [0.1, 0.15) is 4.88 Å². The number of hydrogen-bond donors (Lipinski definition) is 2. The summed E-state index contributed by atoms with van der Waals surface area (Å²) in [7, 11) is 0. The lowest BCUT2D eigenvalue weighted by atomic mass is 9.90. The fourth-order valence-electron chi connectivity index (χ4n) is 2.93. The van der Waals surface area contributed by atoms with Crippen molar-refractivity contribution in [1.29, 1.82) is 0 Å². The van der Waals surface area contributed by atoms with Gasteiger partial charge in [-0.15, -0.1) is 23.1 Å². The van der Waals surface area contributed by atoms with Gasteiger partial charge in [0.15, 0.2) is 0 Å². The summed E-state index contributed by atoms with van der Waals surface area (Å²) in [5.74, 6) is 1.70. The Morgan fingerprint density at radius 1 is 1.38 bits per heavy atom. The third-order valence-corrected chi connectivity index (χ3v) is 6.00. The molecule has 3 rings (SSSR count). The first-order valence-corrected chi connectivity index (χ1v) is 7.98. The summed E-state index contributed by atoms with van der Waals surface area (Å²) in [6, 6.07) is 5.31. The predicted molar refractivity (Wildman–Crippen MR) is 71.4 cm³/mol. The molecule has 2 nitrogen and oxygen atoms in total. The zero-order valence-electron chi connectivity index (χ0n) is 9.53. The van der Waals surface area contributed by atoms with Crippen LogP contribution >= 0.6 is 23.1 Å². The SMILES string of the molecule is CSc1ccc(CC2CNC3CNCC23)s1. The molecular weight excluding hydrogens is 236 g/mol. The van der Waals surface area contributed by atoms with Gasteiger partial charge in [-0.25, -0.2) is 0 Å². The van der Waals surface area contributed by atoms with Crippen molar-refractivity contribution in [2.75, 3.05) is 25.9 Å². The normalized spacial score (nSPS) is 33.2. The molecule has 0 bridgehead atoms. The van der Waals surface area contributed by atoms with E-state index in [1.165, 1.54) is 30.3 Å². The quantitative estimate of drug-likeness (QED) is 0.805. The van der Waals surface area contributed by atoms with E-state index in [1.807, 2.05) is 23.1 Å². The van der Waals surface area contributed by atoms with E-state index in [0.29, 0.717) is 0 Å². The van der Waals surface area contributed by atoms with Crippen molar-refractivity contribution in [3.05, 3.63) is 17.0 Å². The van der Waals surface area contributed by atoms with Crippen LogP contribution in [-0.2, 0) is 6.42 Å². The van der Waals surface area contributed by atoms with E-state index in [0.717, 1.165) is 17.9 Å². The van der Waals surface area contributed by atoms with E-state index < -0.39 is 0 Å². The van der Waals surface area contributed by atoms with Crippen LogP contribution in [-0.4, -0.2) is 31.9 Å². The summed E-state index contributed by atoms with van der Waals surface area (Å²) < 4.78 is 1.45. The van der Waals surface area contributed by atoms with Gasteiger partial charge in [0.25, 0.3) is 0 Å². The van der Waals surface area contributed by atoms with E-state index in [4.69, 9.17) is 0 Å². The van der Waals surface area contributed by atoms with Gasteiger partial charge in [0, 0.05) is 17.5 Å². The summed E-state index contributed by atoms with van der Waals surface area (Å²) in [4.78, 5) is 1.56. The average Bonchev–Trinajstić information content (AvgIpc) is 2.97. The lowest BCUT2D eigenvalue weighted by Gasteiger charge is -2.15. The highest BCUT2D eigenvalue weighted by Crippen LogP contribution is 2.32. The summed E-state index contributed by atoms with van der Waals surface area (Å²) >= 11 is 3.83. The number of rotatable bonds is 3. The number of fused-ring (bicyclic) bond motifs is 1. The van der Waals surface area contributed by atoms with Gasteiger partial charge < -0.3 is 10.6 Å². The standard InChI is InChI=1S/C12H18N2S2/c1-15-12-3-2-9(16-12)4-8-5-14-11-7-13-6-10(8)11/h2-3,8,10-11,13-14H,4-7H2,1H3. The first kappa shape index (κ1) is 11.1. The third-order valence-electron chi connectivity index (χ3n) is 3.81. The molecule has 4 heteroatoms. The Balaban J connectivity index is 1.66. The van der Waals surface area contributed by atoms with E-state index in [2.05, 4.69) is 29.0 Å². The molecule has 2 saturated heterocycles. The van der Waals surface area contributed by atoms with Gasteiger partial charge in [-0.2, -0.15) is 0 Å². The lowest BCUT2D eigenvalue weighted by Crippen LogP contribution is -2.27. The van der Waals surface area contributed by atoms with Crippen LogP contribution in [0.25, 0.3) is 0 Å². The molecule has 2 fully saturated rings. The van der Waals surface area contributed by atoms with Crippen LogP contribution in [0.3, 0.4) is 0 Å². The number of thioether (sulfide) groups is 1. The monoisotopic (exact) mass is 254 g/mol. The lowest BCUT2D eigenvalue weighted by molar-refractivity contribution is 0.420. The highest BCUT2D eigenvalue weighted by Gasteiger charge is 2.38. The summed E-state index contributed by atoms with van der Waals surface area (Å²) in [6.45, 7) is 3.59. The Labute approximate surface area is 105 Å². The molecule has 88 valence electrons. The smallest absolute Gasteiger partial charge is 0.0598 e. The van der Waals surface area contributed by atoms with E-state index in [1.54, 1.807) is 4.88 Å². The van der Waals surface area contributed by atoms with Crippen LogP contribution < -0.4 is 10.6 Å². The van der Waals surface area contributed by atoms with Gasteiger partial charge in [0.05, 0.1) is 4.21 Å². The fourth-order valence-corrected chi connectivity index (χ4v) is 4.62. The maximum Gasteiger partial charge on any atom is 0.0598 e. The largest absolute Gasteiger partial charge is 0.315 e. The van der Waals surface area contributed by atoms with Crippen molar-refractivity contribution in [3.8, 4) is 0 Å². The molecule has 2 aliphatic rings. The van der Waals surface area contributed by atoms with E-state index in [-0.39, 0.29) is 0 Å². The van der Waals surface area contributed by atoms with Crippen molar-refractivity contribution < 1.29 is 0 Å². The fraction of sp³-hybridized carbons (Fsp3) is 0.667. The highest BCUT2D eigenvalue weighted by molar-refractivity contribution is 8.00. The first-order chi connectivity index (χ1) is 7.86. The van der Waals surface area contributed by atoms with Gasteiger partial charge in [0.2, 0.25) is 0 Å². The van der Waals surface area contributed by atoms with Crippen LogP contribution in [0, 0.1) is 11.8 Å². The molecule has 0 spiro atoms. The predicted octanol–water partition coefficient (Wildman–Crippen LogP) is 1.82. The Morgan fingerprint density at radius 3 is 3.12 bits per heavy atom. The molecule has 3 unspecified atom stereocenters. The molecule has 0 aliphatic carbocycles. The molecule has 0 saturated carbocycles. The average molecular weight is 254 g/mol. The second-order valence-electron chi connectivity index (χ2n) is 4.73. The molecule has 0 amide bonds. The van der Waals surface area contributed by atoms with Crippen molar-refractivity contribution >= 4 is 23.1 Å². The molecule has 1 aromatic rings. The van der Waals surface area contributed by atoms with E-state index in [9.17, 15) is 0 Å². The maximum absolute atomic E-state index is 3.65. The first-order valence-electron chi connectivity index (χ1n) is 5.93. The molecular formula is C12H18N2S2.